The van der Waals surface area contributed by atoms with Crippen LogP contribution in [0.4, 0.5) is 20.3 Å². The van der Waals surface area contributed by atoms with Crippen molar-refractivity contribution in [1.29, 1.82) is 0 Å². The highest BCUT2D eigenvalue weighted by atomic mass is 32.2. The maximum atomic E-state index is 14.3. The normalized spacial score (nSPS) is 13.8. The van der Waals surface area contributed by atoms with Crippen LogP contribution in [-0.4, -0.2) is 82.5 Å². The summed E-state index contributed by atoms with van der Waals surface area (Å²) < 4.78 is 62.7. The molecule has 0 spiro atoms. The smallest absolute Gasteiger partial charge is 0.264 e. The maximum absolute atomic E-state index is 14.3. The van der Waals surface area contributed by atoms with Gasteiger partial charge in [0.2, 0.25) is 11.8 Å². The molecule has 13 nitrogen and oxygen atoms in total. The van der Waals surface area contributed by atoms with Crippen molar-refractivity contribution in [1.82, 2.24) is 34.8 Å². The van der Waals surface area contributed by atoms with E-state index in [1.807, 2.05) is 12.1 Å². The van der Waals surface area contributed by atoms with Gasteiger partial charge in [0.25, 0.3) is 10.0 Å². The Labute approximate surface area is 255 Å². The SMILES string of the molecule is COc1ncc(-c2ccc3ncnc(N4CCN(C(=O)/C=C/n5ccnn5)CC4)c3c2)cc1NS(=O)(=O)c1ccc(F)cc1F. The van der Waals surface area contributed by atoms with E-state index in [-0.39, 0.29) is 17.5 Å². The first kappa shape index (κ1) is 29.6. The van der Waals surface area contributed by atoms with Gasteiger partial charge in [-0.2, -0.15) is 0 Å². The van der Waals surface area contributed by atoms with Crippen molar-refractivity contribution in [3.8, 4) is 17.0 Å². The lowest BCUT2D eigenvalue weighted by molar-refractivity contribution is -0.126. The lowest BCUT2D eigenvalue weighted by Crippen LogP contribution is -2.48. The Morgan fingerprint density at radius 2 is 1.82 bits per heavy atom. The van der Waals surface area contributed by atoms with Gasteiger partial charge in [-0.1, -0.05) is 11.3 Å². The number of nitrogens with zero attached hydrogens (tertiary/aromatic N) is 8. The molecule has 1 amide bonds. The van der Waals surface area contributed by atoms with Gasteiger partial charge in [-0.25, -0.2) is 36.8 Å². The molecule has 1 N–H and O–H groups in total. The standard InChI is InChI=1S/C29H25F2N9O4S/c1-44-29-25(36-45(42,43)26-5-3-21(30)16-23(26)31)15-20(17-32-29)19-2-4-24-22(14-19)28(34-18-33-24)39-12-10-38(11-13-39)27(41)6-8-40-9-7-35-37-40/h2-9,14-18,36H,10-13H2,1H3/b8-6+. The number of fused-ring (bicyclic) bond motifs is 1. The van der Waals surface area contributed by atoms with Crippen molar-refractivity contribution in [3.63, 3.8) is 0 Å². The number of halogens is 2. The molecule has 1 aliphatic heterocycles. The predicted molar refractivity (Wildman–Crippen MR) is 161 cm³/mol. The molecule has 0 bridgehead atoms. The fourth-order valence-electron chi connectivity index (χ4n) is 4.89. The molecule has 230 valence electrons. The highest BCUT2D eigenvalue weighted by Gasteiger charge is 2.24. The zero-order chi connectivity index (χ0) is 31.6. The van der Waals surface area contributed by atoms with E-state index in [0.29, 0.717) is 54.7 Å². The quantitative estimate of drug-likeness (QED) is 0.253. The van der Waals surface area contributed by atoms with Crippen LogP contribution in [0.5, 0.6) is 5.88 Å². The van der Waals surface area contributed by atoms with Gasteiger partial charge in [0, 0.05) is 61.7 Å². The summed E-state index contributed by atoms with van der Waals surface area (Å²) in [6.07, 6.45) is 9.14. The maximum Gasteiger partial charge on any atom is 0.264 e. The number of piperazine rings is 1. The molecule has 1 aliphatic rings. The Balaban J connectivity index is 1.25. The molecule has 6 rings (SSSR count). The Kier molecular flexibility index (Phi) is 8.04. The van der Waals surface area contributed by atoms with Gasteiger partial charge in [-0.05, 0) is 35.9 Å². The number of ether oxygens (including phenoxy) is 1. The minimum Gasteiger partial charge on any atom is -0.480 e. The lowest BCUT2D eigenvalue weighted by Gasteiger charge is -2.35. The molecule has 0 atom stereocenters. The van der Waals surface area contributed by atoms with Gasteiger partial charge >= 0.3 is 0 Å². The van der Waals surface area contributed by atoms with Crippen molar-refractivity contribution in [2.24, 2.45) is 0 Å². The number of carbonyl (C=O) groups excluding carboxylic acids is 1. The van der Waals surface area contributed by atoms with Crippen molar-refractivity contribution in [2.45, 2.75) is 4.90 Å². The molecule has 2 aromatic carbocycles. The molecule has 45 heavy (non-hydrogen) atoms. The van der Waals surface area contributed by atoms with E-state index in [4.69, 9.17) is 4.74 Å². The number of methoxy groups -OCH3 is 1. The van der Waals surface area contributed by atoms with Crippen LogP contribution in [0.1, 0.15) is 0 Å². The van der Waals surface area contributed by atoms with Crippen molar-refractivity contribution in [2.75, 3.05) is 42.9 Å². The van der Waals surface area contributed by atoms with E-state index in [9.17, 15) is 22.0 Å². The summed E-state index contributed by atoms with van der Waals surface area (Å²) in [5.74, 6) is -1.64. The first-order valence-corrected chi connectivity index (χ1v) is 15.0. The predicted octanol–water partition coefficient (Wildman–Crippen LogP) is 3.19. The zero-order valence-electron chi connectivity index (χ0n) is 23.7. The minimum atomic E-state index is -4.45. The monoisotopic (exact) mass is 633 g/mol. The van der Waals surface area contributed by atoms with Crippen LogP contribution in [0.2, 0.25) is 0 Å². The highest BCUT2D eigenvalue weighted by molar-refractivity contribution is 7.92. The number of pyridine rings is 1. The minimum absolute atomic E-state index is 0.0398. The number of aromatic nitrogens is 6. The van der Waals surface area contributed by atoms with E-state index >= 15 is 0 Å². The molecule has 0 saturated carbocycles. The molecular formula is C29H25F2N9O4S. The van der Waals surface area contributed by atoms with Gasteiger partial charge in [-0.15, -0.1) is 5.10 Å². The largest absolute Gasteiger partial charge is 0.480 e. The van der Waals surface area contributed by atoms with E-state index in [2.05, 4.69) is 34.9 Å². The van der Waals surface area contributed by atoms with Crippen LogP contribution in [0.3, 0.4) is 0 Å². The lowest BCUT2D eigenvalue weighted by atomic mass is 10.0. The average Bonchev–Trinajstić information content (AvgIpc) is 3.57. The summed E-state index contributed by atoms with van der Waals surface area (Å²) in [4.78, 5) is 28.9. The molecule has 4 heterocycles. The molecule has 0 unspecified atom stereocenters. The molecule has 16 heteroatoms. The first-order chi connectivity index (χ1) is 21.7. The Bertz CT molecular complexity index is 2020. The van der Waals surface area contributed by atoms with Gasteiger partial charge in [0.1, 0.15) is 34.4 Å². The Hall–Kier alpha value is -5.51. The number of rotatable bonds is 8. The summed E-state index contributed by atoms with van der Waals surface area (Å²) in [5.41, 5.74) is 1.85. The van der Waals surface area contributed by atoms with Crippen LogP contribution in [0.15, 0.2) is 78.4 Å². The van der Waals surface area contributed by atoms with Crippen LogP contribution in [-0.2, 0) is 14.8 Å². The molecule has 1 saturated heterocycles. The first-order valence-electron chi connectivity index (χ1n) is 13.6. The zero-order valence-corrected chi connectivity index (χ0v) is 24.5. The highest BCUT2D eigenvalue weighted by Crippen LogP contribution is 2.33. The third-order valence-corrected chi connectivity index (χ3v) is 8.52. The van der Waals surface area contributed by atoms with Crippen LogP contribution in [0.25, 0.3) is 28.2 Å². The van der Waals surface area contributed by atoms with Gasteiger partial charge in [-0.3, -0.25) is 9.52 Å². The second-order valence-electron chi connectivity index (χ2n) is 9.90. The van der Waals surface area contributed by atoms with Crippen molar-refractivity contribution >= 4 is 44.5 Å². The fourth-order valence-corrected chi connectivity index (χ4v) is 6.00. The molecular weight excluding hydrogens is 608 g/mol. The number of benzene rings is 2. The molecule has 1 fully saturated rings. The van der Waals surface area contributed by atoms with Crippen LogP contribution < -0.4 is 14.4 Å². The van der Waals surface area contributed by atoms with E-state index in [0.717, 1.165) is 17.5 Å². The van der Waals surface area contributed by atoms with Crippen LogP contribution >= 0.6 is 0 Å². The average molecular weight is 634 g/mol. The van der Waals surface area contributed by atoms with Crippen LogP contribution in [0, 0.1) is 11.6 Å². The third-order valence-electron chi connectivity index (χ3n) is 7.12. The summed E-state index contributed by atoms with van der Waals surface area (Å²) in [7, 11) is -3.13. The summed E-state index contributed by atoms with van der Waals surface area (Å²) in [6.45, 7) is 2.03. The second kappa shape index (κ2) is 12.2. The number of amides is 1. The number of sulfonamides is 1. The summed E-state index contributed by atoms with van der Waals surface area (Å²) in [6, 6.07) is 9.17. The van der Waals surface area contributed by atoms with E-state index < -0.39 is 26.6 Å². The fraction of sp³-hybridized carbons (Fsp3) is 0.172. The third kappa shape index (κ3) is 6.26. The molecule has 5 aromatic rings. The number of nitrogens with one attached hydrogen (secondary N) is 1. The van der Waals surface area contributed by atoms with Crippen molar-refractivity contribution in [3.05, 3.63) is 85.1 Å². The molecule has 0 aliphatic carbocycles. The van der Waals surface area contributed by atoms with Gasteiger partial charge in [0.05, 0.1) is 25.0 Å². The topological polar surface area (TPSA) is 148 Å². The number of carbonyl (C=O) groups is 1. The van der Waals surface area contributed by atoms with Gasteiger partial charge < -0.3 is 14.5 Å². The number of anilines is 2. The molecule has 0 radical (unpaired) electrons. The summed E-state index contributed by atoms with van der Waals surface area (Å²) in [5, 5.41) is 8.26. The molecule has 3 aromatic heterocycles. The number of hydrogen-bond acceptors (Lipinski definition) is 10. The van der Waals surface area contributed by atoms with Crippen molar-refractivity contribution < 1.29 is 26.7 Å². The second-order valence-corrected chi connectivity index (χ2v) is 11.6. The van der Waals surface area contributed by atoms with Gasteiger partial charge in [0.15, 0.2) is 0 Å². The summed E-state index contributed by atoms with van der Waals surface area (Å²) >= 11 is 0. The Morgan fingerprint density at radius 3 is 2.56 bits per heavy atom. The number of hydrogen-bond donors (Lipinski definition) is 1. The van der Waals surface area contributed by atoms with E-state index in [1.54, 1.807) is 23.4 Å². The Morgan fingerprint density at radius 1 is 1.00 bits per heavy atom. The van der Waals surface area contributed by atoms with E-state index in [1.165, 1.54) is 42.7 Å².